The molecule has 1 atom stereocenters. The molecule has 0 saturated carbocycles. The van der Waals surface area contributed by atoms with Crippen LogP contribution in [0, 0.1) is 10.1 Å². The summed E-state index contributed by atoms with van der Waals surface area (Å²) in [6.07, 6.45) is 4.64. The highest BCUT2D eigenvalue weighted by atomic mass is 35.5. The van der Waals surface area contributed by atoms with Gasteiger partial charge in [0.05, 0.1) is 0 Å². The molecule has 0 aliphatic rings. The zero-order valence-electron chi connectivity index (χ0n) is 11.4. The molecule has 0 aliphatic carbocycles. The van der Waals surface area contributed by atoms with Crippen LogP contribution in [0.3, 0.4) is 0 Å². The molecule has 1 N–H and O–H groups in total. The van der Waals surface area contributed by atoms with Crippen molar-refractivity contribution in [1.29, 1.82) is 0 Å². The van der Waals surface area contributed by atoms with Gasteiger partial charge in [0.1, 0.15) is 6.61 Å². The first kappa shape index (κ1) is 16.9. The molecule has 9 heteroatoms. The quantitative estimate of drug-likeness (QED) is 0.436. The van der Waals surface area contributed by atoms with Gasteiger partial charge in [0, 0.05) is 27.7 Å². The first-order valence-corrected chi connectivity index (χ1v) is 8.05. The number of aryl methyl sites for hydroxylation is 1. The van der Waals surface area contributed by atoms with Crippen LogP contribution in [0.2, 0.25) is 10.0 Å². The fourth-order valence-corrected chi connectivity index (χ4v) is 3.28. The number of aromatic amines is 1. The predicted octanol–water partition coefficient (Wildman–Crippen LogP) is 4.02. The molecule has 2 rings (SSSR count). The lowest BCUT2D eigenvalue weighted by atomic mass is 10.1. The normalized spacial score (nSPS) is 12.1. The first-order valence-electron chi connectivity index (χ1n) is 6.42. The van der Waals surface area contributed by atoms with Crippen molar-refractivity contribution < 1.29 is 9.92 Å². The molecule has 6 nitrogen and oxygen atoms in total. The molecule has 0 unspecified atom stereocenters. The molecule has 22 heavy (non-hydrogen) atoms. The second-order valence-electron chi connectivity index (χ2n) is 4.43. The van der Waals surface area contributed by atoms with Crippen molar-refractivity contribution >= 4 is 35.0 Å². The van der Waals surface area contributed by atoms with Crippen molar-refractivity contribution in [3.05, 3.63) is 56.3 Å². The van der Waals surface area contributed by atoms with E-state index in [2.05, 4.69) is 14.8 Å². The van der Waals surface area contributed by atoms with Crippen molar-refractivity contribution in [3.63, 3.8) is 0 Å². The Balaban J connectivity index is 1.97. The number of halogens is 2. The van der Waals surface area contributed by atoms with Crippen LogP contribution in [0.25, 0.3) is 0 Å². The Kier molecular flexibility index (Phi) is 6.35. The smallest absolute Gasteiger partial charge is 0.294 e. The highest BCUT2D eigenvalue weighted by Crippen LogP contribution is 2.27. The Hall–Kier alpha value is -1.44. The number of imidazole rings is 1. The minimum Gasteiger partial charge on any atom is -0.340 e. The summed E-state index contributed by atoms with van der Waals surface area (Å²) in [4.78, 5) is 21.9. The van der Waals surface area contributed by atoms with Gasteiger partial charge in [-0.2, -0.15) is 0 Å². The van der Waals surface area contributed by atoms with E-state index < -0.39 is 5.09 Å². The average Bonchev–Trinajstić information content (AvgIpc) is 2.96. The lowest BCUT2D eigenvalue weighted by Crippen LogP contribution is -2.16. The van der Waals surface area contributed by atoms with E-state index in [9.17, 15) is 10.1 Å². The maximum atomic E-state index is 10.4. The minimum atomic E-state index is -0.787. The highest BCUT2D eigenvalue weighted by molar-refractivity contribution is 7.99. The summed E-state index contributed by atoms with van der Waals surface area (Å²) >= 11 is 13.4. The lowest BCUT2D eigenvalue weighted by molar-refractivity contribution is -0.757. The van der Waals surface area contributed by atoms with E-state index in [4.69, 9.17) is 23.2 Å². The number of rotatable bonds is 8. The first-order chi connectivity index (χ1) is 10.5. The van der Waals surface area contributed by atoms with Crippen LogP contribution in [-0.4, -0.2) is 26.9 Å². The third-order valence-corrected chi connectivity index (χ3v) is 4.61. The number of nitrogens with one attached hydrogen (secondary N) is 1. The Morgan fingerprint density at radius 2 is 2.27 bits per heavy atom. The van der Waals surface area contributed by atoms with Crippen LogP contribution >= 0.6 is 35.0 Å². The Morgan fingerprint density at radius 1 is 1.45 bits per heavy atom. The Morgan fingerprint density at radius 3 is 2.91 bits per heavy atom. The van der Waals surface area contributed by atoms with Gasteiger partial charge in [0.2, 0.25) is 0 Å². The maximum absolute atomic E-state index is 10.4. The van der Waals surface area contributed by atoms with Gasteiger partial charge in [0.15, 0.2) is 5.16 Å². The minimum absolute atomic E-state index is 0.0103. The van der Waals surface area contributed by atoms with Gasteiger partial charge in [-0.15, -0.1) is 10.1 Å². The SMILES string of the molecule is O=[N+]([O-])OC[C@@H](CCc1ccc(Cl)cc1Cl)Sc1ncc[nH]1. The van der Waals surface area contributed by atoms with Gasteiger partial charge < -0.3 is 9.82 Å². The monoisotopic (exact) mass is 361 g/mol. The number of H-pyrrole nitrogens is 1. The summed E-state index contributed by atoms with van der Waals surface area (Å²) in [5, 5.41) is 11.3. The molecular weight excluding hydrogens is 349 g/mol. The molecule has 1 aromatic heterocycles. The van der Waals surface area contributed by atoms with E-state index >= 15 is 0 Å². The molecule has 1 heterocycles. The Labute approximate surface area is 141 Å². The molecule has 118 valence electrons. The second kappa shape index (κ2) is 8.26. The summed E-state index contributed by atoms with van der Waals surface area (Å²) in [5.74, 6) is 0. The van der Waals surface area contributed by atoms with Crippen molar-refractivity contribution in [2.45, 2.75) is 23.2 Å². The molecule has 0 fully saturated rings. The highest BCUT2D eigenvalue weighted by Gasteiger charge is 2.15. The number of hydrogen-bond donors (Lipinski definition) is 1. The zero-order chi connectivity index (χ0) is 15.9. The van der Waals surface area contributed by atoms with Crippen LogP contribution in [-0.2, 0) is 11.3 Å². The van der Waals surface area contributed by atoms with E-state index in [0.717, 1.165) is 5.56 Å². The largest absolute Gasteiger partial charge is 0.340 e. The second-order valence-corrected chi connectivity index (χ2v) is 6.56. The van der Waals surface area contributed by atoms with Crippen molar-refractivity contribution in [2.24, 2.45) is 0 Å². The standard InChI is InChI=1S/C13H13Cl2N3O3S/c14-10-3-1-9(12(15)7-10)2-4-11(8-21-18(19)20)22-13-16-5-6-17-13/h1,3,5-7,11H,2,4,8H2,(H,16,17)/t11-/m1/s1. The van der Waals surface area contributed by atoms with E-state index in [1.807, 2.05) is 6.07 Å². The number of benzene rings is 1. The molecule has 0 spiro atoms. The lowest BCUT2D eigenvalue weighted by Gasteiger charge is -2.14. The zero-order valence-corrected chi connectivity index (χ0v) is 13.7. The van der Waals surface area contributed by atoms with Gasteiger partial charge in [0.25, 0.3) is 5.09 Å². The molecule has 0 radical (unpaired) electrons. The van der Waals surface area contributed by atoms with Gasteiger partial charge in [-0.05, 0) is 30.5 Å². The molecular formula is C13H13Cl2N3O3S. The number of nitrogens with zero attached hydrogens (tertiary/aromatic N) is 2. The summed E-state index contributed by atoms with van der Waals surface area (Å²) < 4.78 is 0. The molecule has 0 aliphatic heterocycles. The predicted molar refractivity (Wildman–Crippen MR) is 86.0 cm³/mol. The van der Waals surface area contributed by atoms with Crippen LogP contribution in [0.5, 0.6) is 0 Å². The molecule has 2 aromatic rings. The van der Waals surface area contributed by atoms with Crippen LogP contribution < -0.4 is 0 Å². The maximum Gasteiger partial charge on any atom is 0.294 e. The third kappa shape index (κ3) is 5.40. The van der Waals surface area contributed by atoms with Crippen LogP contribution in [0.4, 0.5) is 0 Å². The summed E-state index contributed by atoms with van der Waals surface area (Å²) in [6, 6.07) is 5.30. The third-order valence-electron chi connectivity index (χ3n) is 2.87. The van der Waals surface area contributed by atoms with E-state index in [0.29, 0.717) is 28.0 Å². The van der Waals surface area contributed by atoms with Crippen molar-refractivity contribution in [1.82, 2.24) is 9.97 Å². The fraction of sp³-hybridized carbons (Fsp3) is 0.308. The fourth-order valence-electron chi connectivity index (χ4n) is 1.83. The van der Waals surface area contributed by atoms with Crippen LogP contribution in [0.1, 0.15) is 12.0 Å². The van der Waals surface area contributed by atoms with E-state index in [1.165, 1.54) is 11.8 Å². The van der Waals surface area contributed by atoms with Crippen molar-refractivity contribution in [2.75, 3.05) is 6.61 Å². The van der Waals surface area contributed by atoms with E-state index in [-0.39, 0.29) is 11.9 Å². The van der Waals surface area contributed by atoms with Gasteiger partial charge in [-0.1, -0.05) is 41.0 Å². The number of aromatic nitrogens is 2. The van der Waals surface area contributed by atoms with Gasteiger partial charge in [-0.25, -0.2) is 4.98 Å². The molecule has 1 aromatic carbocycles. The van der Waals surface area contributed by atoms with E-state index in [1.54, 1.807) is 24.5 Å². The average molecular weight is 362 g/mol. The Bertz CT molecular complexity index is 625. The van der Waals surface area contributed by atoms with Crippen molar-refractivity contribution in [3.8, 4) is 0 Å². The number of hydrogen-bond acceptors (Lipinski definition) is 5. The summed E-state index contributed by atoms with van der Waals surface area (Å²) in [7, 11) is 0. The summed E-state index contributed by atoms with van der Waals surface area (Å²) in [6.45, 7) is -0.0103. The topological polar surface area (TPSA) is 81.1 Å². The van der Waals surface area contributed by atoms with Gasteiger partial charge in [-0.3, -0.25) is 0 Å². The van der Waals surface area contributed by atoms with Gasteiger partial charge >= 0.3 is 0 Å². The molecule has 0 saturated heterocycles. The molecule has 0 bridgehead atoms. The number of thioether (sulfide) groups is 1. The van der Waals surface area contributed by atoms with Crippen LogP contribution in [0.15, 0.2) is 35.7 Å². The molecule has 0 amide bonds. The summed E-state index contributed by atoms with van der Waals surface area (Å²) in [5.41, 5.74) is 0.942.